The highest BCUT2D eigenvalue weighted by atomic mass is 16.6. The summed E-state index contributed by atoms with van der Waals surface area (Å²) in [4.78, 5) is 37.8. The molecule has 1 saturated carbocycles. The van der Waals surface area contributed by atoms with Crippen LogP contribution in [0.3, 0.4) is 0 Å². The summed E-state index contributed by atoms with van der Waals surface area (Å²) in [6, 6.07) is 3.06. The molecule has 7 heteroatoms. The molecular weight excluding hydrogens is 264 g/mol. The van der Waals surface area contributed by atoms with Gasteiger partial charge in [0.15, 0.2) is 0 Å². The van der Waals surface area contributed by atoms with E-state index in [2.05, 4.69) is 4.98 Å². The predicted molar refractivity (Wildman–Crippen MR) is 68.1 cm³/mol. The summed E-state index contributed by atoms with van der Waals surface area (Å²) in [6.07, 6.45) is 2.15. The molecule has 1 fully saturated rings. The van der Waals surface area contributed by atoms with Gasteiger partial charge in [-0.05, 0) is 34.9 Å². The molecule has 20 heavy (non-hydrogen) atoms. The Morgan fingerprint density at radius 2 is 2.10 bits per heavy atom. The van der Waals surface area contributed by atoms with E-state index in [1.165, 1.54) is 19.4 Å². The minimum Gasteiger partial charge on any atom is -0.468 e. The van der Waals surface area contributed by atoms with E-state index in [1.807, 2.05) is 0 Å². The van der Waals surface area contributed by atoms with Gasteiger partial charge in [0.1, 0.15) is 17.4 Å². The molecule has 2 rings (SSSR count). The Labute approximate surface area is 115 Å². The van der Waals surface area contributed by atoms with E-state index in [4.69, 9.17) is 4.74 Å². The molecule has 0 radical (unpaired) electrons. The molecule has 0 amide bonds. The largest absolute Gasteiger partial charge is 0.468 e. The van der Waals surface area contributed by atoms with Gasteiger partial charge in [-0.15, -0.1) is 0 Å². The van der Waals surface area contributed by atoms with Crippen LogP contribution in [0.5, 0.6) is 0 Å². The molecule has 0 aromatic carbocycles. The van der Waals surface area contributed by atoms with E-state index in [9.17, 15) is 19.7 Å². The zero-order chi connectivity index (χ0) is 14.8. The van der Waals surface area contributed by atoms with E-state index >= 15 is 0 Å². The van der Waals surface area contributed by atoms with Crippen LogP contribution >= 0.6 is 0 Å². The molecule has 106 valence electrons. The maximum Gasteiger partial charge on any atom is 0.367 e. The minimum absolute atomic E-state index is 0.0519. The van der Waals surface area contributed by atoms with Gasteiger partial charge >= 0.3 is 11.8 Å². The second-order valence-electron chi connectivity index (χ2n) is 4.74. The summed E-state index contributed by atoms with van der Waals surface area (Å²) in [5.74, 6) is -0.857. The SMILES string of the molecule is COC(=O)C1(c2cccnc2[N+](=O)[O-])CCC(=O)CC1. The van der Waals surface area contributed by atoms with E-state index in [-0.39, 0.29) is 42.8 Å². The highest BCUT2D eigenvalue weighted by molar-refractivity contribution is 5.89. The van der Waals surface area contributed by atoms with Gasteiger partial charge in [-0.3, -0.25) is 9.59 Å². The Kier molecular flexibility index (Phi) is 3.78. The summed E-state index contributed by atoms with van der Waals surface area (Å²) in [5.41, 5.74) is -0.927. The van der Waals surface area contributed by atoms with Gasteiger partial charge in [0.05, 0.1) is 12.7 Å². The zero-order valence-corrected chi connectivity index (χ0v) is 11.0. The van der Waals surface area contributed by atoms with E-state index < -0.39 is 16.3 Å². The quantitative estimate of drug-likeness (QED) is 0.472. The van der Waals surface area contributed by atoms with Crippen LogP contribution in [-0.2, 0) is 19.7 Å². The van der Waals surface area contributed by atoms with Crippen molar-refractivity contribution in [3.8, 4) is 0 Å². The average Bonchev–Trinajstić information content (AvgIpc) is 2.47. The molecule has 0 N–H and O–H groups in total. The number of hydrogen-bond acceptors (Lipinski definition) is 6. The van der Waals surface area contributed by atoms with Crippen LogP contribution in [0, 0.1) is 10.1 Å². The first-order valence-electron chi connectivity index (χ1n) is 6.21. The lowest BCUT2D eigenvalue weighted by Crippen LogP contribution is -2.41. The van der Waals surface area contributed by atoms with Gasteiger partial charge < -0.3 is 14.9 Å². The number of rotatable bonds is 3. The average molecular weight is 278 g/mol. The van der Waals surface area contributed by atoms with Crippen molar-refractivity contribution >= 4 is 17.6 Å². The topological polar surface area (TPSA) is 99.4 Å². The molecule has 0 atom stereocenters. The van der Waals surface area contributed by atoms with Gasteiger partial charge in [-0.25, -0.2) is 0 Å². The molecule has 1 heterocycles. The number of pyridine rings is 1. The molecule has 7 nitrogen and oxygen atoms in total. The van der Waals surface area contributed by atoms with Crippen LogP contribution in [0.2, 0.25) is 0 Å². The number of methoxy groups -OCH3 is 1. The van der Waals surface area contributed by atoms with Crippen LogP contribution in [-0.4, -0.2) is 28.8 Å². The fourth-order valence-electron chi connectivity index (χ4n) is 2.65. The number of ether oxygens (including phenoxy) is 1. The summed E-state index contributed by atoms with van der Waals surface area (Å²) in [7, 11) is 1.24. The minimum atomic E-state index is -1.15. The number of nitro groups is 1. The molecule has 0 saturated heterocycles. The summed E-state index contributed by atoms with van der Waals surface area (Å²) < 4.78 is 4.82. The summed E-state index contributed by atoms with van der Waals surface area (Å²) in [5, 5.41) is 11.1. The Morgan fingerprint density at radius 1 is 1.45 bits per heavy atom. The molecule has 0 spiro atoms. The van der Waals surface area contributed by atoms with Crippen molar-refractivity contribution in [1.82, 2.24) is 4.98 Å². The smallest absolute Gasteiger partial charge is 0.367 e. The first-order chi connectivity index (χ1) is 9.51. The normalized spacial score (nSPS) is 17.6. The van der Waals surface area contributed by atoms with Crippen molar-refractivity contribution in [1.29, 1.82) is 0 Å². The Balaban J connectivity index is 2.55. The van der Waals surface area contributed by atoms with Gasteiger partial charge in [0.25, 0.3) is 0 Å². The number of esters is 1. The molecule has 1 aromatic rings. The monoisotopic (exact) mass is 278 g/mol. The van der Waals surface area contributed by atoms with E-state index in [0.717, 1.165) is 0 Å². The fraction of sp³-hybridized carbons (Fsp3) is 0.462. The van der Waals surface area contributed by atoms with Gasteiger partial charge in [-0.2, -0.15) is 0 Å². The number of carbonyl (C=O) groups is 2. The van der Waals surface area contributed by atoms with Gasteiger partial charge in [0, 0.05) is 12.8 Å². The fourth-order valence-corrected chi connectivity index (χ4v) is 2.65. The lowest BCUT2D eigenvalue weighted by atomic mass is 9.69. The van der Waals surface area contributed by atoms with Crippen molar-refractivity contribution < 1.29 is 19.2 Å². The lowest BCUT2D eigenvalue weighted by molar-refractivity contribution is -0.390. The van der Waals surface area contributed by atoms with Gasteiger partial charge in [0.2, 0.25) is 0 Å². The van der Waals surface area contributed by atoms with Gasteiger partial charge in [-0.1, -0.05) is 0 Å². The Bertz CT molecular complexity index is 560. The molecule has 1 aliphatic carbocycles. The second kappa shape index (κ2) is 5.36. The standard InChI is InChI=1S/C13H14N2O5/c1-20-12(17)13(6-4-9(16)5-7-13)10-3-2-8-14-11(10)15(18)19/h2-3,8H,4-7H2,1H3. The maximum absolute atomic E-state index is 12.2. The molecular formula is C13H14N2O5. The number of Topliss-reactive ketones (excluding diaryl/α,β-unsaturated/α-hetero) is 1. The number of hydrogen-bond donors (Lipinski definition) is 0. The molecule has 1 aliphatic rings. The second-order valence-corrected chi connectivity index (χ2v) is 4.74. The van der Waals surface area contributed by atoms with Crippen molar-refractivity contribution in [2.75, 3.05) is 7.11 Å². The Hall–Kier alpha value is -2.31. The van der Waals surface area contributed by atoms with Crippen LogP contribution in [0.25, 0.3) is 0 Å². The van der Waals surface area contributed by atoms with Crippen LogP contribution in [0.4, 0.5) is 5.82 Å². The van der Waals surface area contributed by atoms with E-state index in [0.29, 0.717) is 0 Å². The summed E-state index contributed by atoms with van der Waals surface area (Å²) >= 11 is 0. The third kappa shape index (κ3) is 2.26. The number of ketones is 1. The third-order valence-electron chi connectivity index (χ3n) is 3.71. The number of nitrogens with zero attached hydrogens (tertiary/aromatic N) is 2. The first-order valence-corrected chi connectivity index (χ1v) is 6.21. The van der Waals surface area contributed by atoms with Crippen LogP contribution in [0.15, 0.2) is 18.3 Å². The molecule has 0 unspecified atom stereocenters. The third-order valence-corrected chi connectivity index (χ3v) is 3.71. The van der Waals surface area contributed by atoms with Crippen molar-refractivity contribution in [2.45, 2.75) is 31.1 Å². The molecule has 0 aliphatic heterocycles. The van der Waals surface area contributed by atoms with Crippen molar-refractivity contribution in [3.63, 3.8) is 0 Å². The van der Waals surface area contributed by atoms with Crippen LogP contribution in [0.1, 0.15) is 31.2 Å². The number of carbonyl (C=O) groups excluding carboxylic acids is 2. The highest BCUT2D eigenvalue weighted by Gasteiger charge is 2.48. The molecule has 0 bridgehead atoms. The molecule has 1 aromatic heterocycles. The summed E-state index contributed by atoms with van der Waals surface area (Å²) in [6.45, 7) is 0. The first kappa shape index (κ1) is 14.1. The van der Waals surface area contributed by atoms with E-state index in [1.54, 1.807) is 6.07 Å². The van der Waals surface area contributed by atoms with Crippen molar-refractivity contribution in [2.24, 2.45) is 0 Å². The zero-order valence-electron chi connectivity index (χ0n) is 11.0. The lowest BCUT2D eigenvalue weighted by Gasteiger charge is -2.33. The van der Waals surface area contributed by atoms with Crippen molar-refractivity contribution in [3.05, 3.63) is 34.0 Å². The predicted octanol–water partition coefficient (Wildman–Crippen LogP) is 1.54. The van der Waals surface area contributed by atoms with Crippen LogP contribution < -0.4 is 0 Å². The number of aromatic nitrogens is 1. The maximum atomic E-state index is 12.2. The highest BCUT2D eigenvalue weighted by Crippen LogP contribution is 2.42. The Morgan fingerprint density at radius 3 is 2.65 bits per heavy atom.